The van der Waals surface area contributed by atoms with Crippen LogP contribution in [0.2, 0.25) is 0 Å². The van der Waals surface area contributed by atoms with E-state index in [1.54, 1.807) is 6.26 Å². The van der Waals surface area contributed by atoms with E-state index >= 15 is 0 Å². The number of anilines is 1. The highest BCUT2D eigenvalue weighted by Crippen LogP contribution is 2.13. The van der Waals surface area contributed by atoms with E-state index in [2.05, 4.69) is 38.1 Å². The zero-order valence-corrected chi connectivity index (χ0v) is 12.1. The van der Waals surface area contributed by atoms with Crippen LogP contribution < -0.4 is 5.32 Å². The summed E-state index contributed by atoms with van der Waals surface area (Å²) in [6.07, 6.45) is 2.59. The standard InChI is InChI=1S/C10H16BrN3OS/c1-7(4-5-16(3)15)12-10-6-9(11)13-8(2)14-10/h6-7H,4-5H2,1-3H3,(H,12,13,14). The van der Waals surface area contributed by atoms with Gasteiger partial charge in [-0.1, -0.05) is 0 Å². The van der Waals surface area contributed by atoms with Gasteiger partial charge in [0.05, 0.1) is 0 Å². The van der Waals surface area contributed by atoms with Crippen molar-refractivity contribution in [3.8, 4) is 0 Å². The largest absolute Gasteiger partial charge is 0.367 e. The van der Waals surface area contributed by atoms with Gasteiger partial charge < -0.3 is 5.32 Å². The molecule has 0 aliphatic heterocycles. The van der Waals surface area contributed by atoms with Gasteiger partial charge >= 0.3 is 0 Å². The molecule has 2 unspecified atom stereocenters. The highest BCUT2D eigenvalue weighted by Gasteiger charge is 2.05. The maximum Gasteiger partial charge on any atom is 0.131 e. The molecule has 0 amide bonds. The molecule has 0 aliphatic rings. The number of aromatic nitrogens is 2. The van der Waals surface area contributed by atoms with Crippen LogP contribution in [0.1, 0.15) is 19.2 Å². The van der Waals surface area contributed by atoms with Gasteiger partial charge in [0.25, 0.3) is 0 Å². The monoisotopic (exact) mass is 305 g/mol. The Morgan fingerprint density at radius 3 is 2.81 bits per heavy atom. The molecule has 90 valence electrons. The first-order valence-electron chi connectivity index (χ1n) is 5.05. The lowest BCUT2D eigenvalue weighted by Crippen LogP contribution is -2.19. The van der Waals surface area contributed by atoms with Gasteiger partial charge in [-0.05, 0) is 36.2 Å². The Labute approximate surface area is 107 Å². The lowest BCUT2D eigenvalue weighted by molar-refractivity contribution is 0.678. The predicted octanol–water partition coefficient (Wildman–Crippen LogP) is 2.12. The van der Waals surface area contributed by atoms with E-state index in [9.17, 15) is 4.21 Å². The van der Waals surface area contributed by atoms with Gasteiger partial charge in [-0.3, -0.25) is 4.21 Å². The maximum absolute atomic E-state index is 11.0. The van der Waals surface area contributed by atoms with E-state index in [4.69, 9.17) is 0 Å². The van der Waals surface area contributed by atoms with Crippen LogP contribution in [0.3, 0.4) is 0 Å². The fraction of sp³-hybridized carbons (Fsp3) is 0.600. The summed E-state index contributed by atoms with van der Waals surface area (Å²) in [5.41, 5.74) is 0. The molecular formula is C10H16BrN3OS. The van der Waals surface area contributed by atoms with Crippen LogP contribution in [0.4, 0.5) is 5.82 Å². The van der Waals surface area contributed by atoms with Crippen molar-refractivity contribution < 1.29 is 4.21 Å². The van der Waals surface area contributed by atoms with Crippen LogP contribution in [-0.2, 0) is 10.8 Å². The van der Waals surface area contributed by atoms with Crippen LogP contribution in [0.25, 0.3) is 0 Å². The normalized spacial score (nSPS) is 14.5. The first kappa shape index (κ1) is 13.6. The van der Waals surface area contributed by atoms with Crippen LogP contribution in [0.15, 0.2) is 10.7 Å². The number of nitrogens with one attached hydrogen (secondary N) is 1. The fourth-order valence-electron chi connectivity index (χ4n) is 1.27. The van der Waals surface area contributed by atoms with Crippen molar-refractivity contribution in [1.29, 1.82) is 0 Å². The molecule has 0 spiro atoms. The summed E-state index contributed by atoms with van der Waals surface area (Å²) in [6, 6.07) is 2.09. The van der Waals surface area contributed by atoms with E-state index in [1.165, 1.54) is 0 Å². The molecule has 6 heteroatoms. The molecule has 1 aromatic heterocycles. The minimum Gasteiger partial charge on any atom is -0.367 e. The van der Waals surface area contributed by atoms with Crippen molar-refractivity contribution in [1.82, 2.24) is 9.97 Å². The Kier molecular flexibility index (Phi) is 5.34. The molecule has 2 atom stereocenters. The van der Waals surface area contributed by atoms with Crippen LogP contribution in [0.5, 0.6) is 0 Å². The number of nitrogens with zero attached hydrogens (tertiary/aromatic N) is 2. The fourth-order valence-corrected chi connectivity index (χ4v) is 2.43. The quantitative estimate of drug-likeness (QED) is 0.847. The Balaban J connectivity index is 2.55. The topological polar surface area (TPSA) is 54.9 Å². The van der Waals surface area contributed by atoms with E-state index in [0.29, 0.717) is 5.75 Å². The average molecular weight is 306 g/mol. The van der Waals surface area contributed by atoms with E-state index in [-0.39, 0.29) is 6.04 Å². The van der Waals surface area contributed by atoms with Crippen molar-refractivity contribution in [3.05, 3.63) is 16.5 Å². The summed E-state index contributed by atoms with van der Waals surface area (Å²) in [7, 11) is -0.735. The third-order valence-corrected chi connectivity index (χ3v) is 3.26. The minimum atomic E-state index is -0.735. The number of hydrogen-bond donors (Lipinski definition) is 1. The zero-order valence-electron chi connectivity index (χ0n) is 9.66. The Morgan fingerprint density at radius 2 is 2.25 bits per heavy atom. The number of rotatable bonds is 5. The minimum absolute atomic E-state index is 0.255. The summed E-state index contributed by atoms with van der Waals surface area (Å²) < 4.78 is 11.7. The van der Waals surface area contributed by atoms with Crippen molar-refractivity contribution in [3.63, 3.8) is 0 Å². The van der Waals surface area contributed by atoms with Crippen molar-refractivity contribution in [2.24, 2.45) is 0 Å². The second-order valence-corrected chi connectivity index (χ2v) is 6.10. The van der Waals surface area contributed by atoms with Gasteiger partial charge in [0.2, 0.25) is 0 Å². The molecule has 0 saturated carbocycles. The molecule has 0 saturated heterocycles. The lowest BCUT2D eigenvalue weighted by Gasteiger charge is -2.14. The molecule has 1 N–H and O–H groups in total. The summed E-state index contributed by atoms with van der Waals surface area (Å²) >= 11 is 3.33. The smallest absolute Gasteiger partial charge is 0.131 e. The van der Waals surface area contributed by atoms with E-state index in [1.807, 2.05) is 13.0 Å². The van der Waals surface area contributed by atoms with Gasteiger partial charge in [-0.25, -0.2) is 9.97 Å². The molecule has 1 aromatic rings. The van der Waals surface area contributed by atoms with Crippen LogP contribution >= 0.6 is 15.9 Å². The first-order valence-corrected chi connectivity index (χ1v) is 7.57. The zero-order chi connectivity index (χ0) is 12.1. The van der Waals surface area contributed by atoms with Gasteiger partial charge in [0.15, 0.2) is 0 Å². The van der Waals surface area contributed by atoms with E-state index in [0.717, 1.165) is 22.7 Å². The number of aryl methyl sites for hydroxylation is 1. The van der Waals surface area contributed by atoms with E-state index < -0.39 is 10.8 Å². The molecule has 1 rings (SSSR count). The Hall–Kier alpha value is -0.490. The van der Waals surface area contributed by atoms with Gasteiger partial charge in [0, 0.05) is 34.9 Å². The number of halogens is 1. The summed E-state index contributed by atoms with van der Waals surface area (Å²) in [5.74, 6) is 2.23. The second-order valence-electron chi connectivity index (χ2n) is 3.73. The number of hydrogen-bond acceptors (Lipinski definition) is 4. The highest BCUT2D eigenvalue weighted by atomic mass is 79.9. The lowest BCUT2D eigenvalue weighted by atomic mass is 10.2. The van der Waals surface area contributed by atoms with Gasteiger partial charge in [-0.15, -0.1) is 0 Å². The Morgan fingerprint density at radius 1 is 1.56 bits per heavy atom. The molecule has 4 nitrogen and oxygen atoms in total. The maximum atomic E-state index is 11.0. The molecule has 1 heterocycles. The SMILES string of the molecule is Cc1nc(Br)cc(NC(C)CCS(C)=O)n1. The molecule has 0 radical (unpaired) electrons. The van der Waals surface area contributed by atoms with Crippen molar-refractivity contribution in [2.75, 3.05) is 17.3 Å². The molecule has 16 heavy (non-hydrogen) atoms. The summed E-state index contributed by atoms with van der Waals surface area (Å²) in [4.78, 5) is 8.41. The van der Waals surface area contributed by atoms with Crippen molar-refractivity contribution in [2.45, 2.75) is 26.3 Å². The molecule has 0 bridgehead atoms. The first-order chi connectivity index (χ1) is 7.47. The predicted molar refractivity (Wildman–Crippen MR) is 71.1 cm³/mol. The van der Waals surface area contributed by atoms with Gasteiger partial charge in [0.1, 0.15) is 16.2 Å². The molecule has 0 fully saturated rings. The summed E-state index contributed by atoms with van der Waals surface area (Å²) in [6.45, 7) is 3.90. The van der Waals surface area contributed by atoms with Gasteiger partial charge in [-0.2, -0.15) is 0 Å². The van der Waals surface area contributed by atoms with Crippen LogP contribution in [-0.4, -0.2) is 32.2 Å². The third kappa shape index (κ3) is 5.03. The third-order valence-electron chi connectivity index (χ3n) is 2.04. The molecule has 0 aliphatic carbocycles. The van der Waals surface area contributed by atoms with Crippen molar-refractivity contribution >= 4 is 32.5 Å². The highest BCUT2D eigenvalue weighted by molar-refractivity contribution is 9.10. The summed E-state index contributed by atoms with van der Waals surface area (Å²) in [5, 5.41) is 3.26. The molecule has 0 aromatic carbocycles. The molecular weight excluding hydrogens is 290 g/mol. The Bertz CT molecular complexity index is 366. The second kappa shape index (κ2) is 6.30. The van der Waals surface area contributed by atoms with Crippen LogP contribution in [0, 0.1) is 6.92 Å². The average Bonchev–Trinajstić information content (AvgIpc) is 2.12.